The number of aromatic nitrogens is 2. The van der Waals surface area contributed by atoms with Crippen molar-refractivity contribution in [1.29, 1.82) is 0 Å². The summed E-state index contributed by atoms with van der Waals surface area (Å²) < 4.78 is 54.7. The summed E-state index contributed by atoms with van der Waals surface area (Å²) in [6.07, 6.45) is 4.02. The zero-order chi connectivity index (χ0) is 28.9. The minimum atomic E-state index is -3.65. The van der Waals surface area contributed by atoms with E-state index in [-0.39, 0.29) is 37.7 Å². The second-order valence-electron chi connectivity index (χ2n) is 12.4. The number of anilines is 4. The molecule has 2 saturated heterocycles. The Balaban J connectivity index is 1.40. The molecule has 40 heavy (non-hydrogen) atoms. The van der Waals surface area contributed by atoms with Crippen molar-refractivity contribution < 1.29 is 22.0 Å². The molecule has 9 nitrogen and oxygen atoms in total. The van der Waals surface area contributed by atoms with Crippen LogP contribution in [0.2, 0.25) is 0 Å². The molecule has 2 aromatic rings. The topological polar surface area (TPSA) is 108 Å². The molecule has 218 valence electrons. The number of rotatable bonds is 6. The van der Waals surface area contributed by atoms with Crippen LogP contribution >= 0.6 is 0 Å². The van der Waals surface area contributed by atoms with Crippen LogP contribution in [0, 0.1) is 12.3 Å². The Morgan fingerprint density at radius 3 is 2.15 bits per heavy atom. The molecule has 1 aromatic heterocycles. The van der Waals surface area contributed by atoms with Crippen molar-refractivity contribution in [2.24, 2.45) is 5.41 Å². The maximum Gasteiger partial charge on any atom is 0.258 e. The lowest BCUT2D eigenvalue weighted by Gasteiger charge is -2.35. The Hall–Kier alpha value is -3.02. The van der Waals surface area contributed by atoms with Crippen LogP contribution in [-0.4, -0.2) is 61.1 Å². The Kier molecular flexibility index (Phi) is 7.21. The largest absolute Gasteiger partial charge is 0.371 e. The van der Waals surface area contributed by atoms with Crippen molar-refractivity contribution in [2.75, 3.05) is 46.0 Å². The van der Waals surface area contributed by atoms with E-state index < -0.39 is 20.7 Å². The second kappa shape index (κ2) is 10.1. The van der Waals surface area contributed by atoms with E-state index in [1.807, 2.05) is 0 Å². The molecule has 3 fully saturated rings. The third kappa shape index (κ3) is 6.16. The van der Waals surface area contributed by atoms with Gasteiger partial charge in [0.1, 0.15) is 5.82 Å². The molecule has 0 bridgehead atoms. The molecule has 1 aliphatic carbocycles. The average Bonchev–Trinajstić information content (AvgIpc) is 3.61. The highest BCUT2D eigenvalue weighted by atomic mass is 32.2. The smallest absolute Gasteiger partial charge is 0.258 e. The van der Waals surface area contributed by atoms with Gasteiger partial charge in [-0.2, -0.15) is 4.98 Å². The summed E-state index contributed by atoms with van der Waals surface area (Å²) in [5.41, 5.74) is 2.50. The number of hydrogen-bond donors (Lipinski definition) is 2. The number of carbonyl (C=O) groups is 1. The van der Waals surface area contributed by atoms with Gasteiger partial charge in [-0.25, -0.2) is 22.2 Å². The number of piperidine rings is 2. The summed E-state index contributed by atoms with van der Waals surface area (Å²) >= 11 is 0. The normalized spacial score (nSPS) is 20.4. The van der Waals surface area contributed by atoms with Crippen LogP contribution in [0.25, 0.3) is 0 Å². The average molecular weight is 577 g/mol. The maximum atomic E-state index is 13.7. The molecule has 1 aromatic carbocycles. The first-order valence-corrected chi connectivity index (χ1v) is 15.4. The molecule has 1 saturated carbocycles. The van der Waals surface area contributed by atoms with E-state index in [0.717, 1.165) is 25.9 Å². The quantitative estimate of drug-likeness (QED) is 0.487. The van der Waals surface area contributed by atoms with Crippen molar-refractivity contribution in [2.45, 2.75) is 76.9 Å². The van der Waals surface area contributed by atoms with Gasteiger partial charge in [0.05, 0.1) is 21.7 Å². The molecule has 2 aliphatic heterocycles. The van der Waals surface area contributed by atoms with Crippen LogP contribution in [0.1, 0.15) is 75.3 Å². The van der Waals surface area contributed by atoms with Crippen molar-refractivity contribution in [3.05, 3.63) is 35.5 Å². The maximum absolute atomic E-state index is 13.7. The molecule has 1 spiro atoms. The fraction of sp³-hybridized carbons (Fsp3) is 0.607. The summed E-state index contributed by atoms with van der Waals surface area (Å²) in [6, 6.07) is 6.60. The molecule has 12 heteroatoms. The van der Waals surface area contributed by atoms with Crippen molar-refractivity contribution in [3.8, 4) is 0 Å². The summed E-state index contributed by atoms with van der Waals surface area (Å²) in [5.74, 6) is -2.48. The first-order valence-electron chi connectivity index (χ1n) is 13.9. The third-order valence-electron chi connectivity index (χ3n) is 8.28. The fourth-order valence-corrected chi connectivity index (χ4v) is 5.98. The van der Waals surface area contributed by atoms with E-state index in [9.17, 15) is 22.0 Å². The monoisotopic (exact) mass is 576 g/mol. The minimum absolute atomic E-state index is 0.135. The zero-order valence-electron chi connectivity index (χ0n) is 23.6. The molecule has 0 atom stereocenters. The number of amides is 1. The SMILES string of the molecule is Cc1cc(NC(=O)c2ccc(NS(=O)(=O)C(C)(C)C)cc2N2CCC3(CC2)CC3)nc(N2CCC(F)(F)CC2)n1. The Morgan fingerprint density at radius 2 is 1.55 bits per heavy atom. The van der Waals surface area contributed by atoms with Crippen LogP contribution in [0.15, 0.2) is 24.3 Å². The molecular weight excluding hydrogens is 538 g/mol. The summed E-state index contributed by atoms with van der Waals surface area (Å²) in [7, 11) is -3.65. The lowest BCUT2D eigenvalue weighted by atomic mass is 9.93. The van der Waals surface area contributed by atoms with Crippen LogP contribution in [0.3, 0.4) is 0 Å². The van der Waals surface area contributed by atoms with Gasteiger partial charge in [0.15, 0.2) is 0 Å². The third-order valence-corrected chi connectivity index (χ3v) is 10.4. The molecule has 1 amide bonds. The van der Waals surface area contributed by atoms with E-state index in [1.54, 1.807) is 56.9 Å². The fourth-order valence-electron chi connectivity index (χ4n) is 5.23. The minimum Gasteiger partial charge on any atom is -0.371 e. The Labute approximate surface area is 234 Å². The van der Waals surface area contributed by atoms with Gasteiger partial charge in [-0.3, -0.25) is 9.52 Å². The number of benzene rings is 1. The predicted octanol–water partition coefficient (Wildman–Crippen LogP) is 5.19. The van der Waals surface area contributed by atoms with E-state index in [1.165, 1.54) is 12.8 Å². The molecule has 3 heterocycles. The van der Waals surface area contributed by atoms with Gasteiger partial charge in [0.2, 0.25) is 16.0 Å². The number of aryl methyl sites for hydroxylation is 1. The molecule has 0 unspecified atom stereocenters. The molecule has 5 rings (SSSR count). The second-order valence-corrected chi connectivity index (χ2v) is 14.9. The number of nitrogens with one attached hydrogen (secondary N) is 2. The van der Waals surface area contributed by atoms with Crippen LogP contribution in [-0.2, 0) is 10.0 Å². The number of alkyl halides is 2. The number of sulfonamides is 1. The lowest BCUT2D eigenvalue weighted by Crippen LogP contribution is -2.40. The summed E-state index contributed by atoms with van der Waals surface area (Å²) in [4.78, 5) is 26.3. The van der Waals surface area contributed by atoms with Crippen molar-refractivity contribution >= 4 is 39.1 Å². The van der Waals surface area contributed by atoms with E-state index in [0.29, 0.717) is 34.0 Å². The van der Waals surface area contributed by atoms with Gasteiger partial charge >= 0.3 is 0 Å². The van der Waals surface area contributed by atoms with Crippen LogP contribution < -0.4 is 19.8 Å². The highest BCUT2D eigenvalue weighted by molar-refractivity contribution is 7.94. The van der Waals surface area contributed by atoms with Gasteiger partial charge in [-0.1, -0.05) is 0 Å². The number of carbonyl (C=O) groups excluding carboxylic acids is 1. The first-order chi connectivity index (χ1) is 18.7. The molecule has 2 N–H and O–H groups in total. The highest BCUT2D eigenvalue weighted by Crippen LogP contribution is 2.54. The van der Waals surface area contributed by atoms with Gasteiger partial charge < -0.3 is 15.1 Å². The van der Waals surface area contributed by atoms with Crippen molar-refractivity contribution in [3.63, 3.8) is 0 Å². The van der Waals surface area contributed by atoms with E-state index in [2.05, 4.69) is 24.9 Å². The summed E-state index contributed by atoms with van der Waals surface area (Å²) in [6.45, 7) is 8.49. The molecular formula is C28H38F2N6O3S. The van der Waals surface area contributed by atoms with Gasteiger partial charge in [-0.05, 0) is 77.0 Å². The number of halogens is 2. The van der Waals surface area contributed by atoms with E-state index >= 15 is 0 Å². The van der Waals surface area contributed by atoms with Crippen LogP contribution in [0.5, 0.6) is 0 Å². The predicted molar refractivity (Wildman–Crippen MR) is 153 cm³/mol. The van der Waals surface area contributed by atoms with Gasteiger partial charge in [0.25, 0.3) is 11.8 Å². The van der Waals surface area contributed by atoms with Crippen LogP contribution in [0.4, 0.5) is 31.9 Å². The number of hydrogen-bond acceptors (Lipinski definition) is 7. The highest BCUT2D eigenvalue weighted by Gasteiger charge is 2.44. The van der Waals surface area contributed by atoms with Gasteiger partial charge in [0, 0.05) is 50.8 Å². The van der Waals surface area contributed by atoms with E-state index in [4.69, 9.17) is 0 Å². The summed E-state index contributed by atoms with van der Waals surface area (Å²) in [5, 5.41) is 2.86. The van der Waals surface area contributed by atoms with Crippen molar-refractivity contribution in [1.82, 2.24) is 9.97 Å². The number of nitrogens with zero attached hydrogens (tertiary/aromatic N) is 4. The lowest BCUT2D eigenvalue weighted by molar-refractivity contribution is -0.0222. The molecule has 3 aliphatic rings. The first kappa shape index (κ1) is 28.5. The Morgan fingerprint density at radius 1 is 0.925 bits per heavy atom. The molecule has 0 radical (unpaired) electrons. The zero-order valence-corrected chi connectivity index (χ0v) is 24.4. The standard InChI is InChI=1S/C28H38F2N6O3S/c1-19-17-23(33-25(31-19)36-15-11-28(29,30)12-16-36)32-24(37)21-6-5-20(34-40(38,39)26(2,3)4)18-22(21)35-13-9-27(7-8-27)10-14-35/h5-6,17-18,34H,7-16H2,1-4H3,(H,31,32,33,37). The van der Waals surface area contributed by atoms with Gasteiger partial charge in [-0.15, -0.1) is 0 Å². The Bertz CT molecular complexity index is 1390.